The molecule has 0 bridgehead atoms. The van der Waals surface area contributed by atoms with E-state index < -0.39 is 5.06 Å². The SMILES string of the molecule is N#C[NH+]([O-])C(=NCc1cccnc1)N1CCN(C2c3ccc(Cl)cc3SCc3cccnc32)CC1. The summed E-state index contributed by atoms with van der Waals surface area (Å²) in [5.74, 6) is 1.06. The number of benzene rings is 1. The quantitative estimate of drug-likeness (QED) is 0.253. The molecule has 3 aromatic rings. The second-order valence-corrected chi connectivity index (χ2v) is 9.84. The highest BCUT2D eigenvalue weighted by atomic mass is 35.5. The van der Waals surface area contributed by atoms with Crippen molar-refractivity contribution in [1.29, 1.82) is 5.26 Å². The molecule has 2 atom stereocenters. The van der Waals surface area contributed by atoms with Crippen LogP contribution in [0.1, 0.15) is 28.4 Å². The molecule has 1 aromatic carbocycles. The van der Waals surface area contributed by atoms with Crippen molar-refractivity contribution >= 4 is 29.3 Å². The van der Waals surface area contributed by atoms with Gasteiger partial charge in [-0.2, -0.15) is 0 Å². The van der Waals surface area contributed by atoms with Crippen molar-refractivity contribution in [3.05, 3.63) is 93.7 Å². The molecule has 2 aromatic heterocycles. The van der Waals surface area contributed by atoms with Crippen LogP contribution >= 0.6 is 23.4 Å². The Bertz CT molecular complexity index is 1260. The number of halogens is 1. The fourth-order valence-corrected chi connectivity index (χ4v) is 5.91. The summed E-state index contributed by atoms with van der Waals surface area (Å²) >= 11 is 8.11. The Hall–Kier alpha value is -3.00. The van der Waals surface area contributed by atoms with Crippen LogP contribution in [0.4, 0.5) is 0 Å². The van der Waals surface area contributed by atoms with Gasteiger partial charge in [0, 0.05) is 60.4 Å². The van der Waals surface area contributed by atoms with Gasteiger partial charge >= 0.3 is 12.2 Å². The van der Waals surface area contributed by atoms with Gasteiger partial charge in [-0.3, -0.25) is 14.9 Å². The Kier molecular flexibility index (Phi) is 7.27. The molecule has 0 aliphatic carbocycles. The molecule has 1 saturated heterocycles. The van der Waals surface area contributed by atoms with Crippen LogP contribution in [0.5, 0.6) is 0 Å². The van der Waals surface area contributed by atoms with Gasteiger partial charge in [0.15, 0.2) is 0 Å². The number of nitriles is 1. The Morgan fingerprint density at radius 2 is 2.03 bits per heavy atom. The molecular weight excluding hydrogens is 482 g/mol. The second-order valence-electron chi connectivity index (χ2n) is 8.39. The zero-order chi connectivity index (χ0) is 24.2. The van der Waals surface area contributed by atoms with E-state index in [-0.39, 0.29) is 12.0 Å². The number of pyridine rings is 2. The molecule has 5 rings (SSSR count). The summed E-state index contributed by atoms with van der Waals surface area (Å²) in [5.41, 5.74) is 4.37. The lowest BCUT2D eigenvalue weighted by atomic mass is 9.97. The Morgan fingerprint density at radius 3 is 2.80 bits per heavy atom. The summed E-state index contributed by atoms with van der Waals surface area (Å²) in [5, 5.41) is 21.9. The van der Waals surface area contributed by atoms with Crippen LogP contribution in [0.2, 0.25) is 5.02 Å². The van der Waals surface area contributed by atoms with E-state index in [0.717, 1.165) is 22.0 Å². The first-order valence-corrected chi connectivity index (χ1v) is 12.7. The standard InChI is InChI=1S/C25H24ClN7OS/c26-20-5-6-21-22(13-20)35-16-19-4-2-8-29-23(19)24(21)31-9-11-32(12-10-31)25(33(34)17-27)30-15-18-3-1-7-28-14-18/h1-8,13-14,24,33H,9-12,15-16H2. The number of fused-ring (bicyclic) bond motifs is 2. The number of hydrogen-bond acceptors (Lipinski definition) is 7. The third kappa shape index (κ3) is 5.17. The van der Waals surface area contributed by atoms with Crippen molar-refractivity contribution in [2.24, 2.45) is 4.99 Å². The first-order chi connectivity index (χ1) is 17.1. The van der Waals surface area contributed by atoms with Crippen LogP contribution in [0.15, 0.2) is 70.9 Å². The predicted octanol–water partition coefficient (Wildman–Crippen LogP) is 2.86. The molecule has 8 nitrogen and oxygen atoms in total. The summed E-state index contributed by atoms with van der Waals surface area (Å²) in [4.78, 5) is 18.9. The maximum Gasteiger partial charge on any atom is 0.315 e. The second kappa shape index (κ2) is 10.7. The molecule has 10 heteroatoms. The lowest BCUT2D eigenvalue weighted by molar-refractivity contribution is -0.675. The Morgan fingerprint density at radius 1 is 1.20 bits per heavy atom. The molecule has 0 amide bonds. The lowest BCUT2D eigenvalue weighted by Gasteiger charge is -2.40. The zero-order valence-corrected chi connectivity index (χ0v) is 20.5. The number of nitrogens with zero attached hydrogens (tertiary/aromatic N) is 6. The maximum absolute atomic E-state index is 12.4. The normalized spacial score (nSPS) is 19.3. The number of quaternary nitrogens is 1. The van der Waals surface area contributed by atoms with Crippen molar-refractivity contribution in [3.63, 3.8) is 0 Å². The van der Waals surface area contributed by atoms with Crippen molar-refractivity contribution in [3.8, 4) is 6.19 Å². The third-order valence-electron chi connectivity index (χ3n) is 6.26. The van der Waals surface area contributed by atoms with Crippen LogP contribution in [0.3, 0.4) is 0 Å². The topological polar surface area (TPSA) is 95.9 Å². The van der Waals surface area contributed by atoms with E-state index in [2.05, 4.69) is 27.0 Å². The van der Waals surface area contributed by atoms with Crippen molar-refractivity contribution in [2.75, 3.05) is 26.2 Å². The van der Waals surface area contributed by atoms with Crippen molar-refractivity contribution in [2.45, 2.75) is 23.2 Å². The minimum absolute atomic E-state index is 0.00179. The van der Waals surface area contributed by atoms with Crippen molar-refractivity contribution in [1.82, 2.24) is 19.8 Å². The molecule has 0 saturated carbocycles. The van der Waals surface area contributed by atoms with Crippen LogP contribution in [-0.4, -0.2) is 51.9 Å². The number of aromatic nitrogens is 2. The van der Waals surface area contributed by atoms with E-state index in [1.807, 2.05) is 41.4 Å². The third-order valence-corrected chi connectivity index (χ3v) is 7.61. The van der Waals surface area contributed by atoms with Crippen LogP contribution in [0, 0.1) is 16.7 Å². The fraction of sp³-hybridized carbons (Fsp3) is 0.280. The van der Waals surface area contributed by atoms with Gasteiger partial charge in [-0.15, -0.1) is 17.0 Å². The smallest absolute Gasteiger partial charge is 0.315 e. The summed E-state index contributed by atoms with van der Waals surface area (Å²) < 4.78 is 0. The van der Waals surface area contributed by atoms with Crippen molar-refractivity contribution < 1.29 is 5.06 Å². The molecule has 178 valence electrons. The molecule has 2 aliphatic rings. The fourth-order valence-electron chi connectivity index (χ4n) is 4.57. The highest BCUT2D eigenvalue weighted by molar-refractivity contribution is 7.98. The van der Waals surface area contributed by atoms with Gasteiger partial charge in [0.25, 0.3) is 0 Å². The summed E-state index contributed by atoms with van der Waals surface area (Å²) in [7, 11) is 0. The molecule has 2 unspecified atom stereocenters. The number of hydrogen-bond donors (Lipinski definition) is 1. The summed E-state index contributed by atoms with van der Waals surface area (Å²) in [6.45, 7) is 2.90. The molecule has 35 heavy (non-hydrogen) atoms. The van der Waals surface area contributed by atoms with E-state index >= 15 is 0 Å². The van der Waals surface area contributed by atoms with E-state index in [0.29, 0.717) is 32.7 Å². The summed E-state index contributed by atoms with van der Waals surface area (Å²) in [6.07, 6.45) is 7.01. The largest absolute Gasteiger partial charge is 0.611 e. The minimum Gasteiger partial charge on any atom is -0.611 e. The van der Waals surface area contributed by atoms with E-state index in [9.17, 15) is 10.5 Å². The van der Waals surface area contributed by atoms with Crippen LogP contribution in [-0.2, 0) is 12.3 Å². The molecule has 0 radical (unpaired) electrons. The van der Waals surface area contributed by atoms with Gasteiger partial charge in [0.1, 0.15) is 0 Å². The van der Waals surface area contributed by atoms with Gasteiger partial charge in [0.05, 0.1) is 18.3 Å². The first-order valence-electron chi connectivity index (χ1n) is 11.4. The average Bonchev–Trinajstić information content (AvgIpc) is 3.06. The number of hydroxylamine groups is 2. The highest BCUT2D eigenvalue weighted by Crippen LogP contribution is 2.42. The van der Waals surface area contributed by atoms with Gasteiger partial charge in [-0.05, 0) is 41.0 Å². The van der Waals surface area contributed by atoms with E-state index in [1.165, 1.54) is 16.0 Å². The predicted molar refractivity (Wildman–Crippen MR) is 136 cm³/mol. The first kappa shape index (κ1) is 23.7. The number of rotatable bonds is 3. The molecular formula is C25H24ClN7OS. The molecule has 1 N–H and O–H groups in total. The number of aliphatic imine (C=N–C) groups is 1. The molecule has 1 fully saturated rings. The zero-order valence-electron chi connectivity index (χ0n) is 19.0. The average molecular weight is 506 g/mol. The summed E-state index contributed by atoms with van der Waals surface area (Å²) in [6, 6.07) is 13.9. The van der Waals surface area contributed by atoms with Gasteiger partial charge < -0.3 is 10.1 Å². The van der Waals surface area contributed by atoms with Gasteiger partial charge in [0.2, 0.25) is 0 Å². The van der Waals surface area contributed by atoms with Crippen LogP contribution < -0.4 is 5.06 Å². The molecule has 0 spiro atoms. The monoisotopic (exact) mass is 505 g/mol. The van der Waals surface area contributed by atoms with Gasteiger partial charge in [-0.25, -0.2) is 10.1 Å². The lowest BCUT2D eigenvalue weighted by Crippen LogP contribution is -3.08. The number of piperazine rings is 1. The Balaban J connectivity index is 1.39. The van der Waals surface area contributed by atoms with E-state index in [4.69, 9.17) is 16.6 Å². The molecule has 4 heterocycles. The Labute approximate surface area is 213 Å². The van der Waals surface area contributed by atoms with Crippen LogP contribution in [0.25, 0.3) is 0 Å². The maximum atomic E-state index is 12.4. The highest BCUT2D eigenvalue weighted by Gasteiger charge is 2.34. The van der Waals surface area contributed by atoms with E-state index in [1.54, 1.807) is 30.3 Å². The number of thioether (sulfide) groups is 1. The number of guanidine groups is 1. The van der Waals surface area contributed by atoms with Gasteiger partial charge in [-0.1, -0.05) is 29.8 Å². The minimum atomic E-state index is -0.611. The number of nitrogens with one attached hydrogen (secondary N) is 1. The molecule has 2 aliphatic heterocycles.